The Morgan fingerprint density at radius 2 is 1.79 bits per heavy atom. The first-order valence-corrected chi connectivity index (χ1v) is 9.13. The Hall–Kier alpha value is -0.980. The van der Waals surface area contributed by atoms with E-state index in [0.717, 1.165) is 18.4 Å². The first-order valence-electron chi connectivity index (χ1n) is 9.13. The molecule has 3 rings (SSSR count). The van der Waals surface area contributed by atoms with Crippen molar-refractivity contribution in [1.29, 1.82) is 0 Å². The van der Waals surface area contributed by atoms with Crippen molar-refractivity contribution in [1.82, 2.24) is 5.32 Å². The average Bonchev–Trinajstić information content (AvgIpc) is 2.82. The van der Waals surface area contributed by atoms with Crippen LogP contribution >= 0.6 is 24.0 Å². The number of hydrogen-bond acceptors (Lipinski definition) is 2. The summed E-state index contributed by atoms with van der Waals surface area (Å²) < 4.78 is 0. The van der Waals surface area contributed by atoms with Crippen molar-refractivity contribution in [2.75, 3.05) is 0 Å². The number of hydrogen-bond donors (Lipinski definition) is 3. The first kappa shape index (κ1) is 19.3. The second kappa shape index (κ2) is 9.49. The van der Waals surface area contributed by atoms with E-state index in [1.165, 1.54) is 62.5 Å². The van der Waals surface area contributed by atoms with E-state index < -0.39 is 0 Å². The third-order valence-electron chi connectivity index (χ3n) is 5.24. The van der Waals surface area contributed by atoms with Gasteiger partial charge in [-0.25, -0.2) is 4.99 Å². The van der Waals surface area contributed by atoms with Crippen LogP contribution in [0.5, 0.6) is 5.75 Å². The lowest BCUT2D eigenvalue weighted by molar-refractivity contribution is 0.465. The molecule has 0 heterocycles. The summed E-state index contributed by atoms with van der Waals surface area (Å²) >= 11 is 0. The third-order valence-corrected chi connectivity index (χ3v) is 5.24. The molecule has 1 aromatic rings. The Balaban J connectivity index is 0.00000208. The van der Waals surface area contributed by atoms with E-state index in [2.05, 4.69) is 16.4 Å². The summed E-state index contributed by atoms with van der Waals surface area (Å²) in [6, 6.07) is 4.33. The molecule has 0 saturated heterocycles. The van der Waals surface area contributed by atoms with Gasteiger partial charge in [-0.05, 0) is 55.7 Å². The van der Waals surface area contributed by atoms with Crippen molar-refractivity contribution in [3.63, 3.8) is 0 Å². The monoisotopic (exact) mass is 443 g/mol. The van der Waals surface area contributed by atoms with Crippen molar-refractivity contribution < 1.29 is 5.11 Å². The number of guanidine groups is 1. The number of halogens is 1. The van der Waals surface area contributed by atoms with Crippen molar-refractivity contribution in [2.45, 2.75) is 76.8 Å². The van der Waals surface area contributed by atoms with Gasteiger partial charge in [-0.2, -0.15) is 0 Å². The lowest BCUT2D eigenvalue weighted by Gasteiger charge is -2.20. The predicted molar refractivity (Wildman–Crippen MR) is 110 cm³/mol. The van der Waals surface area contributed by atoms with Gasteiger partial charge in [0.05, 0.1) is 6.54 Å². The van der Waals surface area contributed by atoms with Crippen LogP contribution in [-0.2, 0) is 19.4 Å². The Kier molecular flexibility index (Phi) is 7.65. The number of rotatable bonds is 3. The number of aliphatic imine (C=N–C) groups is 1. The van der Waals surface area contributed by atoms with E-state index in [-0.39, 0.29) is 24.0 Å². The van der Waals surface area contributed by atoms with Crippen molar-refractivity contribution in [2.24, 2.45) is 10.7 Å². The highest BCUT2D eigenvalue weighted by Gasteiger charge is 2.16. The quantitative estimate of drug-likeness (QED) is 0.286. The topological polar surface area (TPSA) is 70.6 Å². The summed E-state index contributed by atoms with van der Waals surface area (Å²) in [6.45, 7) is 0.473. The number of aryl methyl sites for hydroxylation is 1. The molecule has 1 saturated carbocycles. The smallest absolute Gasteiger partial charge is 0.189 e. The van der Waals surface area contributed by atoms with Crippen LogP contribution in [-0.4, -0.2) is 17.1 Å². The molecule has 5 heteroatoms. The second-order valence-corrected chi connectivity index (χ2v) is 6.94. The molecule has 1 fully saturated rings. The molecular formula is C19H30IN3O. The Bertz CT molecular complexity index is 566. The van der Waals surface area contributed by atoms with Gasteiger partial charge in [0.1, 0.15) is 5.75 Å². The van der Waals surface area contributed by atoms with Gasteiger partial charge in [0.25, 0.3) is 0 Å². The molecule has 2 aliphatic carbocycles. The fourth-order valence-electron chi connectivity index (χ4n) is 3.91. The Labute approximate surface area is 162 Å². The average molecular weight is 443 g/mol. The summed E-state index contributed by atoms with van der Waals surface area (Å²) in [5, 5.41) is 13.6. The molecule has 0 atom stereocenters. The van der Waals surface area contributed by atoms with Crippen LogP contribution in [0, 0.1) is 0 Å². The molecule has 0 aromatic heterocycles. The first-order chi connectivity index (χ1) is 11.2. The van der Waals surface area contributed by atoms with Gasteiger partial charge in [-0.15, -0.1) is 24.0 Å². The highest BCUT2D eigenvalue weighted by atomic mass is 127. The van der Waals surface area contributed by atoms with Gasteiger partial charge in [-0.1, -0.05) is 31.7 Å². The highest BCUT2D eigenvalue weighted by molar-refractivity contribution is 14.0. The summed E-state index contributed by atoms with van der Waals surface area (Å²) in [4.78, 5) is 4.51. The molecule has 0 amide bonds. The van der Waals surface area contributed by atoms with Crippen LogP contribution in [0.25, 0.3) is 0 Å². The van der Waals surface area contributed by atoms with Crippen molar-refractivity contribution in [3.8, 4) is 5.75 Å². The van der Waals surface area contributed by atoms with E-state index in [4.69, 9.17) is 5.73 Å². The van der Waals surface area contributed by atoms with E-state index in [0.29, 0.717) is 24.3 Å². The molecule has 0 bridgehead atoms. The summed E-state index contributed by atoms with van der Waals surface area (Å²) in [5.74, 6) is 0.876. The van der Waals surface area contributed by atoms with Crippen LogP contribution in [0.2, 0.25) is 0 Å². The minimum absolute atomic E-state index is 0. The fourth-order valence-corrected chi connectivity index (χ4v) is 3.91. The summed E-state index contributed by atoms with van der Waals surface area (Å²) in [5.41, 5.74) is 9.72. The maximum atomic E-state index is 10.2. The third kappa shape index (κ3) is 5.01. The lowest BCUT2D eigenvalue weighted by atomic mass is 9.88. The van der Waals surface area contributed by atoms with Crippen LogP contribution in [0.15, 0.2) is 17.1 Å². The number of nitrogens with two attached hydrogens (primary N) is 1. The van der Waals surface area contributed by atoms with Crippen molar-refractivity contribution >= 4 is 29.9 Å². The van der Waals surface area contributed by atoms with Crippen LogP contribution in [0.4, 0.5) is 0 Å². The van der Waals surface area contributed by atoms with Gasteiger partial charge < -0.3 is 16.2 Å². The van der Waals surface area contributed by atoms with E-state index in [1.54, 1.807) is 0 Å². The molecule has 0 unspecified atom stereocenters. The zero-order chi connectivity index (χ0) is 16.1. The molecule has 4 N–H and O–H groups in total. The molecule has 4 nitrogen and oxygen atoms in total. The summed E-state index contributed by atoms with van der Waals surface area (Å²) in [6.07, 6.45) is 12.2. The number of nitrogens with one attached hydrogen (secondary N) is 1. The van der Waals surface area contributed by atoms with Gasteiger partial charge in [-0.3, -0.25) is 0 Å². The van der Waals surface area contributed by atoms with Gasteiger partial charge >= 0.3 is 0 Å². The second-order valence-electron chi connectivity index (χ2n) is 6.94. The minimum Gasteiger partial charge on any atom is -0.508 e. The van der Waals surface area contributed by atoms with Crippen LogP contribution < -0.4 is 11.1 Å². The molecular weight excluding hydrogens is 413 g/mol. The normalized spacial score (nSPS) is 19.1. The SMILES string of the molecule is I.NC(=NCc1c(O)ccc2c1CCCC2)NC1CCCCCC1. The lowest BCUT2D eigenvalue weighted by Crippen LogP contribution is -2.39. The molecule has 2 aliphatic rings. The number of fused-ring (bicyclic) bond motifs is 1. The number of aromatic hydroxyl groups is 1. The van der Waals surface area contributed by atoms with E-state index >= 15 is 0 Å². The zero-order valence-corrected chi connectivity index (χ0v) is 16.7. The molecule has 0 aliphatic heterocycles. The summed E-state index contributed by atoms with van der Waals surface area (Å²) in [7, 11) is 0. The highest BCUT2D eigenvalue weighted by Crippen LogP contribution is 2.31. The predicted octanol–water partition coefficient (Wildman–Crippen LogP) is 4.02. The maximum absolute atomic E-state index is 10.2. The minimum atomic E-state index is 0. The standard InChI is InChI=1S/C19H29N3O.HI/c20-19(22-15-8-3-1-2-4-9-15)21-13-17-16-10-6-5-7-14(16)11-12-18(17)23;/h11-12,15,23H,1-10,13H2,(H3,20,21,22);1H. The van der Waals surface area contributed by atoms with Gasteiger partial charge in [0, 0.05) is 11.6 Å². The zero-order valence-electron chi connectivity index (χ0n) is 14.4. The number of nitrogens with zero attached hydrogens (tertiary/aromatic N) is 1. The van der Waals surface area contributed by atoms with Gasteiger partial charge in [0.2, 0.25) is 0 Å². The van der Waals surface area contributed by atoms with Crippen LogP contribution in [0.1, 0.15) is 68.1 Å². The van der Waals surface area contributed by atoms with Crippen molar-refractivity contribution in [3.05, 3.63) is 28.8 Å². The van der Waals surface area contributed by atoms with Crippen LogP contribution in [0.3, 0.4) is 0 Å². The fraction of sp³-hybridized carbons (Fsp3) is 0.632. The molecule has 134 valence electrons. The molecule has 0 spiro atoms. The van der Waals surface area contributed by atoms with E-state index in [1.807, 2.05) is 6.07 Å². The Morgan fingerprint density at radius 3 is 2.54 bits per heavy atom. The largest absolute Gasteiger partial charge is 0.508 e. The van der Waals surface area contributed by atoms with Gasteiger partial charge in [0.15, 0.2) is 5.96 Å². The molecule has 24 heavy (non-hydrogen) atoms. The molecule has 0 radical (unpaired) electrons. The Morgan fingerprint density at radius 1 is 1.08 bits per heavy atom. The number of phenols is 1. The number of benzene rings is 1. The number of phenolic OH excluding ortho intramolecular Hbond substituents is 1. The van der Waals surface area contributed by atoms with E-state index in [9.17, 15) is 5.11 Å². The maximum Gasteiger partial charge on any atom is 0.189 e. The molecule has 1 aromatic carbocycles.